The van der Waals surface area contributed by atoms with E-state index in [2.05, 4.69) is 23.4 Å². The molecule has 0 saturated heterocycles. The molecule has 2 aliphatic rings. The Morgan fingerprint density at radius 2 is 1.83 bits per heavy atom. The molecule has 1 aromatic carbocycles. The summed E-state index contributed by atoms with van der Waals surface area (Å²) >= 11 is 0. The Hall–Kier alpha value is -2.10. The van der Waals surface area contributed by atoms with Gasteiger partial charge in [-0.05, 0) is 56.9 Å². The summed E-state index contributed by atoms with van der Waals surface area (Å²) in [6, 6.07) is 8.18. The molecule has 0 bridgehead atoms. The Balaban J connectivity index is 1.67. The van der Waals surface area contributed by atoms with E-state index in [1.54, 1.807) is 0 Å². The van der Waals surface area contributed by atoms with Gasteiger partial charge in [-0.1, -0.05) is 25.0 Å². The van der Waals surface area contributed by atoms with Crippen LogP contribution in [0.2, 0.25) is 0 Å². The largest absolute Gasteiger partial charge is 0.494 e. The van der Waals surface area contributed by atoms with Gasteiger partial charge in [0.05, 0.1) is 12.3 Å². The minimum absolute atomic E-state index is 0.465. The smallest absolute Gasteiger partial charge is 0.154 e. The summed E-state index contributed by atoms with van der Waals surface area (Å²) in [5.41, 5.74) is 2.39. The van der Waals surface area contributed by atoms with Crippen molar-refractivity contribution in [2.75, 3.05) is 6.61 Å². The molecule has 0 spiro atoms. The maximum absolute atomic E-state index is 5.55. The molecule has 24 heavy (non-hydrogen) atoms. The molecule has 4 nitrogen and oxygen atoms in total. The second kappa shape index (κ2) is 6.42. The lowest BCUT2D eigenvalue weighted by atomic mass is 9.80. The number of hydrogen-bond donors (Lipinski definition) is 0. The SMILES string of the molecule is C=C1CC(c2nc(C3CCCC3)nn2-c2ccc(OCC)cc2)C1. The molecule has 4 heteroatoms. The Morgan fingerprint density at radius 3 is 2.46 bits per heavy atom. The average molecular weight is 323 g/mol. The van der Waals surface area contributed by atoms with Crippen LogP contribution in [-0.4, -0.2) is 21.4 Å². The van der Waals surface area contributed by atoms with Crippen LogP contribution in [0.25, 0.3) is 5.69 Å². The van der Waals surface area contributed by atoms with Crippen LogP contribution < -0.4 is 4.74 Å². The molecular formula is C20H25N3O. The van der Waals surface area contributed by atoms with Gasteiger partial charge in [0.1, 0.15) is 11.6 Å². The first kappa shape index (κ1) is 15.4. The normalized spacial score (nSPS) is 18.8. The van der Waals surface area contributed by atoms with E-state index in [0.29, 0.717) is 18.4 Å². The predicted octanol–water partition coefficient (Wildman–Crippen LogP) is 4.76. The van der Waals surface area contributed by atoms with Crippen LogP contribution in [0.1, 0.15) is 68.9 Å². The number of aromatic nitrogens is 3. The van der Waals surface area contributed by atoms with Crippen molar-refractivity contribution in [3.05, 3.63) is 48.1 Å². The van der Waals surface area contributed by atoms with E-state index in [0.717, 1.165) is 35.9 Å². The molecule has 0 N–H and O–H groups in total. The minimum atomic E-state index is 0.465. The number of rotatable bonds is 5. The molecule has 1 heterocycles. The fourth-order valence-corrected chi connectivity index (χ4v) is 3.82. The highest BCUT2D eigenvalue weighted by Crippen LogP contribution is 2.41. The number of nitrogens with zero attached hydrogens (tertiary/aromatic N) is 3. The van der Waals surface area contributed by atoms with E-state index in [1.807, 2.05) is 19.1 Å². The maximum Gasteiger partial charge on any atom is 0.154 e. The topological polar surface area (TPSA) is 39.9 Å². The van der Waals surface area contributed by atoms with Crippen LogP contribution in [-0.2, 0) is 0 Å². The first-order chi connectivity index (χ1) is 11.7. The van der Waals surface area contributed by atoms with Gasteiger partial charge in [0.2, 0.25) is 0 Å². The van der Waals surface area contributed by atoms with E-state index in [4.69, 9.17) is 14.8 Å². The van der Waals surface area contributed by atoms with Gasteiger partial charge >= 0.3 is 0 Å². The van der Waals surface area contributed by atoms with Crippen LogP contribution in [0.3, 0.4) is 0 Å². The van der Waals surface area contributed by atoms with Crippen molar-refractivity contribution in [2.24, 2.45) is 0 Å². The van der Waals surface area contributed by atoms with E-state index in [1.165, 1.54) is 31.3 Å². The Bertz CT molecular complexity index is 718. The first-order valence-electron chi connectivity index (χ1n) is 9.11. The number of ether oxygens (including phenoxy) is 1. The van der Waals surface area contributed by atoms with E-state index < -0.39 is 0 Å². The van der Waals surface area contributed by atoms with Crippen LogP contribution in [0.5, 0.6) is 5.75 Å². The van der Waals surface area contributed by atoms with E-state index in [-0.39, 0.29) is 0 Å². The highest BCUT2D eigenvalue weighted by Gasteiger charge is 2.31. The van der Waals surface area contributed by atoms with Crippen molar-refractivity contribution in [3.8, 4) is 11.4 Å². The molecule has 2 fully saturated rings. The van der Waals surface area contributed by atoms with Crippen molar-refractivity contribution < 1.29 is 4.74 Å². The standard InChI is InChI=1S/C20H25N3O/c1-3-24-18-10-8-17(9-11-18)23-20(16-12-14(2)13-16)21-19(22-23)15-6-4-5-7-15/h8-11,15-16H,2-7,12-13H2,1H3. The van der Waals surface area contributed by atoms with Crippen molar-refractivity contribution in [2.45, 2.75) is 57.3 Å². The molecule has 2 aromatic rings. The van der Waals surface area contributed by atoms with E-state index >= 15 is 0 Å². The lowest BCUT2D eigenvalue weighted by molar-refractivity contribution is 0.340. The van der Waals surface area contributed by atoms with Gasteiger partial charge in [-0.15, -0.1) is 0 Å². The zero-order valence-electron chi connectivity index (χ0n) is 14.4. The Morgan fingerprint density at radius 1 is 1.12 bits per heavy atom. The molecule has 1 aromatic heterocycles. The van der Waals surface area contributed by atoms with E-state index in [9.17, 15) is 0 Å². The molecule has 4 rings (SSSR count). The summed E-state index contributed by atoms with van der Waals surface area (Å²) < 4.78 is 7.61. The summed E-state index contributed by atoms with van der Waals surface area (Å²) in [6.07, 6.45) is 7.14. The average Bonchev–Trinajstić information content (AvgIpc) is 3.22. The van der Waals surface area contributed by atoms with Crippen molar-refractivity contribution in [1.29, 1.82) is 0 Å². The number of hydrogen-bond acceptors (Lipinski definition) is 3. The third-order valence-corrected chi connectivity index (χ3v) is 5.20. The highest BCUT2D eigenvalue weighted by molar-refractivity contribution is 5.38. The van der Waals surface area contributed by atoms with Crippen molar-refractivity contribution in [1.82, 2.24) is 14.8 Å². The number of benzene rings is 1. The molecule has 0 unspecified atom stereocenters. The maximum atomic E-state index is 5.55. The summed E-state index contributed by atoms with van der Waals surface area (Å²) in [4.78, 5) is 4.96. The highest BCUT2D eigenvalue weighted by atomic mass is 16.5. The van der Waals surface area contributed by atoms with Crippen LogP contribution in [0, 0.1) is 0 Å². The molecule has 126 valence electrons. The molecule has 0 amide bonds. The third kappa shape index (κ3) is 2.85. The predicted molar refractivity (Wildman–Crippen MR) is 94.9 cm³/mol. The molecule has 0 atom stereocenters. The van der Waals surface area contributed by atoms with Gasteiger partial charge in [0, 0.05) is 11.8 Å². The van der Waals surface area contributed by atoms with Crippen LogP contribution >= 0.6 is 0 Å². The van der Waals surface area contributed by atoms with Gasteiger partial charge in [0.15, 0.2) is 5.82 Å². The summed E-state index contributed by atoms with van der Waals surface area (Å²) in [5, 5.41) is 4.90. The summed E-state index contributed by atoms with van der Waals surface area (Å²) in [7, 11) is 0. The molecule has 0 radical (unpaired) electrons. The molecular weight excluding hydrogens is 298 g/mol. The van der Waals surface area contributed by atoms with Gasteiger partial charge in [-0.25, -0.2) is 9.67 Å². The van der Waals surface area contributed by atoms with Crippen LogP contribution in [0.4, 0.5) is 0 Å². The first-order valence-corrected chi connectivity index (χ1v) is 9.11. The minimum Gasteiger partial charge on any atom is -0.494 e. The monoisotopic (exact) mass is 323 g/mol. The lowest BCUT2D eigenvalue weighted by Crippen LogP contribution is -2.17. The Kier molecular flexibility index (Phi) is 4.13. The third-order valence-electron chi connectivity index (χ3n) is 5.20. The quantitative estimate of drug-likeness (QED) is 0.745. The van der Waals surface area contributed by atoms with Gasteiger partial charge < -0.3 is 4.74 Å². The molecule has 0 aliphatic heterocycles. The van der Waals surface area contributed by atoms with Crippen LogP contribution in [0.15, 0.2) is 36.4 Å². The second-order valence-corrected chi connectivity index (χ2v) is 7.00. The van der Waals surface area contributed by atoms with Crippen molar-refractivity contribution >= 4 is 0 Å². The van der Waals surface area contributed by atoms with Gasteiger partial charge in [0.25, 0.3) is 0 Å². The number of allylic oxidation sites excluding steroid dienone is 1. The lowest BCUT2D eigenvalue weighted by Gasteiger charge is -2.27. The zero-order valence-corrected chi connectivity index (χ0v) is 14.4. The fraction of sp³-hybridized carbons (Fsp3) is 0.500. The zero-order chi connectivity index (χ0) is 16.5. The molecule has 2 aliphatic carbocycles. The van der Waals surface area contributed by atoms with Gasteiger partial charge in [-0.2, -0.15) is 5.10 Å². The summed E-state index contributed by atoms with van der Waals surface area (Å²) in [6.45, 7) is 6.77. The van der Waals surface area contributed by atoms with Gasteiger partial charge in [-0.3, -0.25) is 0 Å². The molecule has 2 saturated carbocycles. The Labute approximate surface area is 143 Å². The summed E-state index contributed by atoms with van der Waals surface area (Å²) in [5.74, 6) is 4.04. The van der Waals surface area contributed by atoms with Crippen molar-refractivity contribution in [3.63, 3.8) is 0 Å². The second-order valence-electron chi connectivity index (χ2n) is 7.00. The fourth-order valence-electron chi connectivity index (χ4n) is 3.82.